The van der Waals surface area contributed by atoms with E-state index in [0.29, 0.717) is 12.4 Å². The van der Waals surface area contributed by atoms with Crippen molar-refractivity contribution in [1.29, 1.82) is 0 Å². The zero-order valence-electron chi connectivity index (χ0n) is 13.8. The molecule has 0 aliphatic heterocycles. The Kier molecular flexibility index (Phi) is 7.26. The summed E-state index contributed by atoms with van der Waals surface area (Å²) in [5.41, 5.74) is 3.25. The van der Waals surface area contributed by atoms with Crippen LogP contribution in [0, 0.1) is 13.8 Å². The summed E-state index contributed by atoms with van der Waals surface area (Å²) in [7, 11) is 0. The van der Waals surface area contributed by atoms with E-state index in [1.807, 2.05) is 20.8 Å². The Morgan fingerprint density at radius 1 is 1.24 bits per heavy atom. The second-order valence-corrected chi connectivity index (χ2v) is 6.56. The topological polar surface area (TPSA) is 38.3 Å². The summed E-state index contributed by atoms with van der Waals surface area (Å²) in [6, 6.07) is 6.58. The highest BCUT2D eigenvalue weighted by atomic mass is 32.2. The molecule has 1 N–H and O–H groups in total. The van der Waals surface area contributed by atoms with E-state index in [1.165, 1.54) is 16.7 Å². The molecule has 0 bridgehead atoms. The summed E-state index contributed by atoms with van der Waals surface area (Å²) in [6.07, 6.45) is 0. The van der Waals surface area contributed by atoms with Crippen molar-refractivity contribution in [3.8, 4) is 0 Å². The molecule has 0 fully saturated rings. The highest BCUT2D eigenvalue weighted by Gasteiger charge is 2.33. The summed E-state index contributed by atoms with van der Waals surface area (Å²) in [5.74, 6) is 1.44. The standard InChI is InChI=1S/C17H27NO2S/c1-6-18-17(5,16(19)20-7-2)12-21-11-15-9-13(3)8-14(4)10-15/h8-10,18H,6-7,11-12H2,1-5H3. The van der Waals surface area contributed by atoms with Gasteiger partial charge in [-0.2, -0.15) is 11.8 Å². The second kappa shape index (κ2) is 8.44. The molecular formula is C17H27NO2S. The van der Waals surface area contributed by atoms with Gasteiger partial charge in [-0.1, -0.05) is 36.2 Å². The average molecular weight is 309 g/mol. The van der Waals surface area contributed by atoms with Gasteiger partial charge in [0.2, 0.25) is 0 Å². The molecule has 0 saturated heterocycles. The molecule has 0 saturated carbocycles. The van der Waals surface area contributed by atoms with Gasteiger partial charge in [0.15, 0.2) is 0 Å². The molecular weight excluding hydrogens is 282 g/mol. The van der Waals surface area contributed by atoms with Crippen LogP contribution < -0.4 is 5.32 Å². The number of esters is 1. The molecule has 0 aromatic heterocycles. The van der Waals surface area contributed by atoms with Crippen molar-refractivity contribution in [2.75, 3.05) is 18.9 Å². The SMILES string of the molecule is CCNC(C)(CSCc1cc(C)cc(C)c1)C(=O)OCC. The number of benzene rings is 1. The maximum atomic E-state index is 12.1. The van der Waals surface area contributed by atoms with Crippen molar-refractivity contribution < 1.29 is 9.53 Å². The first kappa shape index (κ1) is 18.1. The Balaban J connectivity index is 2.63. The van der Waals surface area contributed by atoms with E-state index < -0.39 is 5.54 Å². The third-order valence-electron chi connectivity index (χ3n) is 3.23. The van der Waals surface area contributed by atoms with Crippen LogP contribution in [0.4, 0.5) is 0 Å². The van der Waals surface area contributed by atoms with Gasteiger partial charge < -0.3 is 10.1 Å². The van der Waals surface area contributed by atoms with Crippen molar-refractivity contribution in [3.05, 3.63) is 34.9 Å². The first-order valence-electron chi connectivity index (χ1n) is 7.48. The Hall–Kier alpha value is -1.00. The molecule has 0 aliphatic rings. The number of ether oxygens (including phenoxy) is 1. The minimum absolute atomic E-state index is 0.167. The number of hydrogen-bond donors (Lipinski definition) is 1. The third-order valence-corrected chi connectivity index (χ3v) is 4.55. The van der Waals surface area contributed by atoms with Gasteiger partial charge in [-0.3, -0.25) is 4.79 Å². The monoisotopic (exact) mass is 309 g/mol. The minimum atomic E-state index is -0.617. The van der Waals surface area contributed by atoms with Crippen LogP contribution in [0.15, 0.2) is 18.2 Å². The molecule has 1 aromatic carbocycles. The van der Waals surface area contributed by atoms with E-state index in [1.54, 1.807) is 11.8 Å². The van der Waals surface area contributed by atoms with Gasteiger partial charge in [-0.25, -0.2) is 0 Å². The minimum Gasteiger partial charge on any atom is -0.465 e. The van der Waals surface area contributed by atoms with Crippen molar-refractivity contribution in [2.24, 2.45) is 0 Å². The van der Waals surface area contributed by atoms with Gasteiger partial charge in [-0.05, 0) is 39.8 Å². The lowest BCUT2D eigenvalue weighted by Crippen LogP contribution is -2.52. The number of aryl methyl sites for hydroxylation is 2. The number of rotatable bonds is 8. The highest BCUT2D eigenvalue weighted by Crippen LogP contribution is 2.21. The lowest BCUT2D eigenvalue weighted by atomic mass is 10.1. The second-order valence-electron chi connectivity index (χ2n) is 5.57. The lowest BCUT2D eigenvalue weighted by Gasteiger charge is -2.27. The van der Waals surface area contributed by atoms with E-state index in [0.717, 1.165) is 12.3 Å². The smallest absolute Gasteiger partial charge is 0.326 e. The zero-order valence-corrected chi connectivity index (χ0v) is 14.6. The van der Waals surface area contributed by atoms with Crippen LogP contribution in [0.3, 0.4) is 0 Å². The molecule has 0 radical (unpaired) electrons. The fourth-order valence-corrected chi connectivity index (χ4v) is 3.52. The van der Waals surface area contributed by atoms with Gasteiger partial charge >= 0.3 is 5.97 Å². The Morgan fingerprint density at radius 3 is 2.38 bits per heavy atom. The molecule has 3 nitrogen and oxygen atoms in total. The first-order valence-corrected chi connectivity index (χ1v) is 8.64. The van der Waals surface area contributed by atoms with Crippen LogP contribution in [0.25, 0.3) is 0 Å². The van der Waals surface area contributed by atoms with Crippen LogP contribution in [-0.2, 0) is 15.3 Å². The molecule has 1 atom stereocenters. The van der Waals surface area contributed by atoms with Gasteiger partial charge in [0.25, 0.3) is 0 Å². The fraction of sp³-hybridized carbons (Fsp3) is 0.588. The largest absolute Gasteiger partial charge is 0.465 e. The Bertz CT molecular complexity index is 456. The van der Waals surface area contributed by atoms with Crippen molar-refractivity contribution in [1.82, 2.24) is 5.32 Å². The predicted molar refractivity (Wildman–Crippen MR) is 90.8 cm³/mol. The van der Waals surface area contributed by atoms with Crippen LogP contribution in [0.5, 0.6) is 0 Å². The summed E-state index contributed by atoms with van der Waals surface area (Å²) in [5, 5.41) is 3.26. The fourth-order valence-electron chi connectivity index (χ4n) is 2.39. The van der Waals surface area contributed by atoms with E-state index >= 15 is 0 Å². The van der Waals surface area contributed by atoms with Crippen molar-refractivity contribution >= 4 is 17.7 Å². The average Bonchev–Trinajstić information content (AvgIpc) is 2.38. The predicted octanol–water partition coefficient (Wildman–Crippen LogP) is 3.47. The summed E-state index contributed by atoms with van der Waals surface area (Å²) in [6.45, 7) is 11.2. The maximum absolute atomic E-state index is 12.1. The number of hydrogen-bond acceptors (Lipinski definition) is 4. The van der Waals surface area contributed by atoms with Gasteiger partial charge in [0.05, 0.1) is 6.61 Å². The summed E-state index contributed by atoms with van der Waals surface area (Å²) < 4.78 is 5.19. The highest BCUT2D eigenvalue weighted by molar-refractivity contribution is 7.98. The normalized spacial score (nSPS) is 13.8. The summed E-state index contributed by atoms with van der Waals surface area (Å²) in [4.78, 5) is 12.1. The van der Waals surface area contributed by atoms with Gasteiger partial charge in [0, 0.05) is 11.5 Å². The van der Waals surface area contributed by atoms with E-state index in [-0.39, 0.29) is 5.97 Å². The molecule has 0 amide bonds. The van der Waals surface area contributed by atoms with Gasteiger partial charge in [-0.15, -0.1) is 0 Å². The molecule has 21 heavy (non-hydrogen) atoms. The Morgan fingerprint density at radius 2 is 1.86 bits per heavy atom. The van der Waals surface area contributed by atoms with E-state index in [9.17, 15) is 4.79 Å². The van der Waals surface area contributed by atoms with E-state index in [4.69, 9.17) is 4.74 Å². The first-order chi connectivity index (χ1) is 9.91. The van der Waals surface area contributed by atoms with Crippen molar-refractivity contribution in [2.45, 2.75) is 45.9 Å². The molecule has 1 aromatic rings. The molecule has 1 rings (SSSR count). The molecule has 0 spiro atoms. The molecule has 118 valence electrons. The van der Waals surface area contributed by atoms with Crippen LogP contribution in [-0.4, -0.2) is 30.4 Å². The third kappa shape index (κ3) is 5.71. The van der Waals surface area contributed by atoms with Crippen molar-refractivity contribution in [3.63, 3.8) is 0 Å². The number of carbonyl (C=O) groups excluding carboxylic acids is 1. The zero-order chi connectivity index (χ0) is 15.9. The molecule has 1 unspecified atom stereocenters. The van der Waals surface area contributed by atoms with Crippen LogP contribution in [0.1, 0.15) is 37.5 Å². The molecule has 0 aliphatic carbocycles. The van der Waals surface area contributed by atoms with Crippen LogP contribution in [0.2, 0.25) is 0 Å². The summed E-state index contributed by atoms with van der Waals surface area (Å²) >= 11 is 1.76. The van der Waals surface area contributed by atoms with E-state index in [2.05, 4.69) is 37.4 Å². The Labute approximate surface area is 132 Å². The van der Waals surface area contributed by atoms with Gasteiger partial charge in [0.1, 0.15) is 5.54 Å². The molecule has 4 heteroatoms. The quantitative estimate of drug-likeness (QED) is 0.746. The number of likely N-dealkylation sites (N-methyl/N-ethyl adjacent to an activating group) is 1. The number of nitrogens with one attached hydrogen (secondary N) is 1. The molecule has 0 heterocycles. The lowest BCUT2D eigenvalue weighted by molar-refractivity contribution is -0.149. The van der Waals surface area contributed by atoms with Crippen LogP contribution >= 0.6 is 11.8 Å². The maximum Gasteiger partial charge on any atom is 0.326 e. The number of carbonyl (C=O) groups is 1. The number of thioether (sulfide) groups is 1.